The van der Waals surface area contributed by atoms with Crippen LogP contribution >= 0.6 is 11.6 Å². The number of aliphatic hydroxyl groups excluding tert-OH is 1. The molecule has 5 nitrogen and oxygen atoms in total. The first-order chi connectivity index (χ1) is 9.52. The van der Waals surface area contributed by atoms with E-state index in [0.29, 0.717) is 11.6 Å². The van der Waals surface area contributed by atoms with Gasteiger partial charge in [0.2, 0.25) is 0 Å². The molecule has 0 aliphatic rings. The quantitative estimate of drug-likeness (QED) is 0.710. The van der Waals surface area contributed by atoms with E-state index in [9.17, 15) is 9.90 Å². The Morgan fingerprint density at radius 3 is 2.65 bits per heavy atom. The van der Waals surface area contributed by atoms with Gasteiger partial charge >= 0.3 is 5.97 Å². The van der Waals surface area contributed by atoms with E-state index in [1.165, 1.54) is 7.11 Å². The summed E-state index contributed by atoms with van der Waals surface area (Å²) in [6.45, 7) is 2.52. The summed E-state index contributed by atoms with van der Waals surface area (Å²) in [6, 6.07) is 6.86. The molecule has 0 spiro atoms. The second-order valence-electron chi connectivity index (χ2n) is 4.45. The molecule has 1 rings (SSSR count). The smallest absolute Gasteiger partial charge is 0.322 e. The average Bonchev–Trinajstić information content (AvgIpc) is 2.46. The largest absolute Gasteiger partial charge is 0.468 e. The third kappa shape index (κ3) is 6.34. The molecule has 0 aliphatic heterocycles. The fraction of sp³-hybridized carbons (Fsp3) is 0.500. The summed E-state index contributed by atoms with van der Waals surface area (Å²) in [5.41, 5.74) is 0.984. The normalized spacial score (nSPS) is 13.8. The Morgan fingerprint density at radius 1 is 1.40 bits per heavy atom. The van der Waals surface area contributed by atoms with Gasteiger partial charge in [-0.25, -0.2) is 0 Å². The maximum Gasteiger partial charge on any atom is 0.322 e. The molecule has 0 saturated heterocycles. The molecule has 20 heavy (non-hydrogen) atoms. The van der Waals surface area contributed by atoms with Gasteiger partial charge in [-0.05, 0) is 24.6 Å². The van der Waals surface area contributed by atoms with Gasteiger partial charge in [0.05, 0.1) is 26.4 Å². The molecule has 0 amide bonds. The Kier molecular flexibility index (Phi) is 7.54. The average molecular weight is 302 g/mol. The molecule has 0 fully saturated rings. The van der Waals surface area contributed by atoms with Crippen LogP contribution in [0.3, 0.4) is 0 Å². The number of carbonyl (C=O) groups is 1. The minimum absolute atomic E-state index is 0.184. The molecule has 0 radical (unpaired) electrons. The summed E-state index contributed by atoms with van der Waals surface area (Å²) in [4.78, 5) is 11.1. The van der Waals surface area contributed by atoms with Crippen LogP contribution in [0.4, 0.5) is 0 Å². The lowest BCUT2D eigenvalue weighted by Crippen LogP contribution is -2.40. The number of aliphatic hydroxyl groups is 1. The molecular weight excluding hydrogens is 282 g/mol. The molecule has 0 aromatic heterocycles. The lowest BCUT2D eigenvalue weighted by atomic mass is 10.2. The number of hydrogen-bond acceptors (Lipinski definition) is 5. The van der Waals surface area contributed by atoms with Crippen LogP contribution in [-0.4, -0.2) is 43.5 Å². The van der Waals surface area contributed by atoms with Crippen molar-refractivity contribution in [3.05, 3.63) is 34.9 Å². The van der Waals surface area contributed by atoms with E-state index in [0.717, 1.165) is 5.56 Å². The van der Waals surface area contributed by atoms with Crippen molar-refractivity contribution in [1.29, 1.82) is 0 Å². The minimum atomic E-state index is -0.686. The molecule has 2 unspecified atom stereocenters. The summed E-state index contributed by atoms with van der Waals surface area (Å²) in [5, 5.41) is 13.3. The van der Waals surface area contributed by atoms with Gasteiger partial charge in [0.15, 0.2) is 0 Å². The van der Waals surface area contributed by atoms with E-state index in [-0.39, 0.29) is 19.1 Å². The van der Waals surface area contributed by atoms with Crippen molar-refractivity contribution in [2.45, 2.75) is 25.7 Å². The summed E-state index contributed by atoms with van der Waals surface area (Å²) in [7, 11) is 1.33. The third-order valence-electron chi connectivity index (χ3n) is 2.71. The maximum absolute atomic E-state index is 11.1. The number of methoxy groups -OCH3 is 1. The van der Waals surface area contributed by atoms with Crippen molar-refractivity contribution in [1.82, 2.24) is 5.32 Å². The Bertz CT molecular complexity index is 410. The topological polar surface area (TPSA) is 67.8 Å². The molecule has 1 aromatic carbocycles. The highest BCUT2D eigenvalue weighted by Crippen LogP contribution is 2.10. The highest BCUT2D eigenvalue weighted by atomic mass is 35.5. The lowest BCUT2D eigenvalue weighted by molar-refractivity contribution is -0.142. The van der Waals surface area contributed by atoms with Gasteiger partial charge in [-0.2, -0.15) is 0 Å². The Morgan fingerprint density at radius 2 is 2.05 bits per heavy atom. The first-order valence-corrected chi connectivity index (χ1v) is 6.72. The Balaban J connectivity index is 2.18. The molecule has 0 bridgehead atoms. The van der Waals surface area contributed by atoms with Crippen LogP contribution in [0.15, 0.2) is 24.3 Å². The van der Waals surface area contributed by atoms with Crippen LogP contribution in [-0.2, 0) is 20.9 Å². The second-order valence-corrected chi connectivity index (χ2v) is 4.88. The zero-order chi connectivity index (χ0) is 15.0. The number of hydrogen-bond donors (Lipinski definition) is 2. The summed E-state index contributed by atoms with van der Waals surface area (Å²) >= 11 is 5.78. The number of rotatable bonds is 8. The van der Waals surface area contributed by atoms with Gasteiger partial charge in [-0.3, -0.25) is 4.79 Å². The zero-order valence-electron chi connectivity index (χ0n) is 11.6. The molecule has 1 aromatic rings. The zero-order valence-corrected chi connectivity index (χ0v) is 12.4. The van der Waals surface area contributed by atoms with Crippen LogP contribution < -0.4 is 5.32 Å². The van der Waals surface area contributed by atoms with Crippen molar-refractivity contribution in [2.24, 2.45) is 0 Å². The number of esters is 1. The van der Waals surface area contributed by atoms with Crippen LogP contribution in [0.2, 0.25) is 5.02 Å². The van der Waals surface area contributed by atoms with Crippen molar-refractivity contribution in [3.8, 4) is 0 Å². The van der Waals surface area contributed by atoms with Gasteiger partial charge in [-0.15, -0.1) is 0 Å². The van der Waals surface area contributed by atoms with E-state index in [2.05, 4.69) is 10.1 Å². The maximum atomic E-state index is 11.1. The Labute approximate surface area is 123 Å². The number of nitrogens with one attached hydrogen (secondary N) is 1. The standard InChI is InChI=1S/C14H20ClNO4/c1-10(14(18)19-2)16-7-13(17)9-20-8-11-3-5-12(15)6-4-11/h3-6,10,13,16-17H,7-9H2,1-2H3. The molecule has 6 heteroatoms. The van der Waals surface area contributed by atoms with Crippen LogP contribution in [0.1, 0.15) is 12.5 Å². The number of halogens is 1. The molecule has 0 saturated carbocycles. The first-order valence-electron chi connectivity index (χ1n) is 6.34. The Hall–Kier alpha value is -1.14. The summed E-state index contributed by atoms with van der Waals surface area (Å²) in [6.07, 6.45) is -0.686. The van der Waals surface area contributed by atoms with Crippen molar-refractivity contribution in [2.75, 3.05) is 20.3 Å². The number of carbonyl (C=O) groups excluding carboxylic acids is 1. The number of benzene rings is 1. The summed E-state index contributed by atoms with van der Waals surface area (Å²) < 4.78 is 9.96. The molecule has 2 N–H and O–H groups in total. The van der Waals surface area contributed by atoms with Crippen LogP contribution in [0, 0.1) is 0 Å². The van der Waals surface area contributed by atoms with Gasteiger partial charge < -0.3 is 19.9 Å². The van der Waals surface area contributed by atoms with Crippen LogP contribution in [0.25, 0.3) is 0 Å². The third-order valence-corrected chi connectivity index (χ3v) is 2.96. The van der Waals surface area contributed by atoms with Crippen LogP contribution in [0.5, 0.6) is 0 Å². The predicted molar refractivity (Wildman–Crippen MR) is 76.6 cm³/mol. The van der Waals surface area contributed by atoms with Crippen molar-refractivity contribution < 1.29 is 19.4 Å². The van der Waals surface area contributed by atoms with Gasteiger partial charge in [0, 0.05) is 11.6 Å². The van der Waals surface area contributed by atoms with Gasteiger partial charge in [0.1, 0.15) is 6.04 Å². The van der Waals surface area contributed by atoms with Gasteiger partial charge in [0.25, 0.3) is 0 Å². The predicted octanol–water partition coefficient (Wildman–Crippen LogP) is 1.37. The van der Waals surface area contributed by atoms with Crippen molar-refractivity contribution in [3.63, 3.8) is 0 Å². The monoisotopic (exact) mass is 301 g/mol. The van der Waals surface area contributed by atoms with Crippen molar-refractivity contribution >= 4 is 17.6 Å². The number of ether oxygens (including phenoxy) is 2. The summed E-state index contributed by atoms with van der Waals surface area (Å²) in [5.74, 6) is -0.362. The molecule has 2 atom stereocenters. The SMILES string of the molecule is COC(=O)C(C)NCC(O)COCc1ccc(Cl)cc1. The highest BCUT2D eigenvalue weighted by molar-refractivity contribution is 6.30. The molecule has 112 valence electrons. The highest BCUT2D eigenvalue weighted by Gasteiger charge is 2.14. The van der Waals surface area contributed by atoms with E-state index in [1.807, 2.05) is 12.1 Å². The van der Waals surface area contributed by atoms with E-state index in [4.69, 9.17) is 16.3 Å². The molecular formula is C14H20ClNO4. The fourth-order valence-corrected chi connectivity index (χ4v) is 1.65. The van der Waals surface area contributed by atoms with E-state index < -0.39 is 12.1 Å². The van der Waals surface area contributed by atoms with E-state index in [1.54, 1.807) is 19.1 Å². The second kappa shape index (κ2) is 8.92. The first kappa shape index (κ1) is 16.9. The van der Waals surface area contributed by atoms with E-state index >= 15 is 0 Å². The lowest BCUT2D eigenvalue weighted by Gasteiger charge is -2.15. The van der Waals surface area contributed by atoms with Gasteiger partial charge in [-0.1, -0.05) is 23.7 Å². The molecule has 0 heterocycles. The fourth-order valence-electron chi connectivity index (χ4n) is 1.53. The molecule has 0 aliphatic carbocycles. The minimum Gasteiger partial charge on any atom is -0.468 e.